The van der Waals surface area contributed by atoms with Crippen molar-refractivity contribution in [3.05, 3.63) is 35.7 Å². The lowest BCUT2D eigenvalue weighted by Crippen LogP contribution is -2.24. The molecule has 1 aliphatic heterocycles. The molecule has 6 nitrogen and oxygen atoms in total. The molecule has 0 aliphatic carbocycles. The summed E-state index contributed by atoms with van der Waals surface area (Å²) in [6.07, 6.45) is 1.60. The van der Waals surface area contributed by atoms with Gasteiger partial charge in [-0.1, -0.05) is 12.1 Å². The molecule has 2 heterocycles. The molecule has 1 aliphatic rings. The number of ether oxygens (including phenoxy) is 4. The molecule has 0 saturated carbocycles. The smallest absolute Gasteiger partial charge is 0.220 e. The SMILES string of the molecule is COc1cc(OC)nc(C[C@H]2COc3c(cccc3OC)C2)n1. The van der Waals surface area contributed by atoms with Crippen LogP contribution in [0.25, 0.3) is 0 Å². The van der Waals surface area contributed by atoms with E-state index < -0.39 is 0 Å². The van der Waals surface area contributed by atoms with Crippen LogP contribution in [0.4, 0.5) is 0 Å². The fraction of sp³-hybridized carbons (Fsp3) is 0.412. The van der Waals surface area contributed by atoms with Gasteiger partial charge in [0.25, 0.3) is 0 Å². The first-order valence-corrected chi connectivity index (χ1v) is 7.48. The van der Waals surface area contributed by atoms with Crippen LogP contribution in [-0.2, 0) is 12.8 Å². The van der Waals surface area contributed by atoms with Crippen molar-refractivity contribution in [3.63, 3.8) is 0 Å². The van der Waals surface area contributed by atoms with Crippen molar-refractivity contribution in [2.24, 2.45) is 5.92 Å². The Kier molecular flexibility index (Phi) is 4.50. The van der Waals surface area contributed by atoms with Gasteiger partial charge in [-0.3, -0.25) is 0 Å². The van der Waals surface area contributed by atoms with Crippen molar-refractivity contribution < 1.29 is 18.9 Å². The van der Waals surface area contributed by atoms with Gasteiger partial charge in [-0.25, -0.2) is 0 Å². The number of para-hydroxylation sites is 1. The van der Waals surface area contributed by atoms with Gasteiger partial charge in [-0.15, -0.1) is 0 Å². The van der Waals surface area contributed by atoms with Crippen LogP contribution in [0.1, 0.15) is 11.4 Å². The zero-order chi connectivity index (χ0) is 16.2. The molecule has 0 bridgehead atoms. The molecule has 0 unspecified atom stereocenters. The molecular formula is C17H20N2O4. The number of benzene rings is 1. The molecule has 23 heavy (non-hydrogen) atoms. The number of hydrogen-bond acceptors (Lipinski definition) is 6. The molecule has 1 aromatic heterocycles. The molecule has 1 aromatic carbocycles. The van der Waals surface area contributed by atoms with Crippen molar-refractivity contribution in [3.8, 4) is 23.3 Å². The van der Waals surface area contributed by atoms with Gasteiger partial charge in [0.05, 0.1) is 34.0 Å². The minimum absolute atomic E-state index is 0.298. The van der Waals surface area contributed by atoms with E-state index in [1.165, 1.54) is 0 Å². The molecule has 0 spiro atoms. The molecule has 2 aromatic rings. The van der Waals surface area contributed by atoms with Crippen LogP contribution in [-0.4, -0.2) is 37.9 Å². The maximum absolute atomic E-state index is 5.90. The zero-order valence-corrected chi connectivity index (χ0v) is 13.5. The van der Waals surface area contributed by atoms with Gasteiger partial charge >= 0.3 is 0 Å². The molecule has 0 N–H and O–H groups in total. The average molecular weight is 316 g/mol. The highest BCUT2D eigenvalue weighted by molar-refractivity contribution is 5.47. The summed E-state index contributed by atoms with van der Waals surface area (Å²) >= 11 is 0. The minimum atomic E-state index is 0.298. The summed E-state index contributed by atoms with van der Waals surface area (Å²) in [5.41, 5.74) is 1.15. The van der Waals surface area contributed by atoms with Crippen LogP contribution in [0, 0.1) is 5.92 Å². The Labute approximate surface area is 135 Å². The summed E-state index contributed by atoms with van der Waals surface area (Å²) in [5.74, 6) is 3.62. The summed E-state index contributed by atoms with van der Waals surface area (Å²) < 4.78 is 21.6. The third kappa shape index (κ3) is 3.31. The Balaban J connectivity index is 1.77. The normalized spacial score (nSPS) is 16.2. The predicted molar refractivity (Wildman–Crippen MR) is 84.5 cm³/mol. The molecule has 122 valence electrons. The van der Waals surface area contributed by atoms with E-state index >= 15 is 0 Å². The van der Waals surface area contributed by atoms with Crippen molar-refractivity contribution in [1.82, 2.24) is 9.97 Å². The summed E-state index contributed by atoms with van der Waals surface area (Å²) in [6.45, 7) is 0.607. The monoisotopic (exact) mass is 316 g/mol. The molecule has 1 atom stereocenters. The molecule has 6 heteroatoms. The summed E-state index contributed by atoms with van der Waals surface area (Å²) in [4.78, 5) is 8.78. The van der Waals surface area contributed by atoms with Crippen molar-refractivity contribution in [1.29, 1.82) is 0 Å². The van der Waals surface area contributed by atoms with Gasteiger partial charge in [0.15, 0.2) is 11.5 Å². The first-order valence-electron chi connectivity index (χ1n) is 7.48. The van der Waals surface area contributed by atoms with E-state index in [0.29, 0.717) is 36.5 Å². The van der Waals surface area contributed by atoms with Crippen molar-refractivity contribution in [2.45, 2.75) is 12.8 Å². The standard InChI is InChI=1S/C17H20N2O4/c1-20-13-6-4-5-12-7-11(10-23-17(12)13)8-14-18-15(21-2)9-16(19-14)22-3/h4-6,9,11H,7-8,10H2,1-3H3/t11-/m0/s1. The van der Waals surface area contributed by atoms with E-state index in [1.54, 1.807) is 27.4 Å². The average Bonchev–Trinajstić information content (AvgIpc) is 2.60. The van der Waals surface area contributed by atoms with Gasteiger partial charge in [0.1, 0.15) is 5.82 Å². The van der Waals surface area contributed by atoms with Gasteiger partial charge in [-0.05, 0) is 18.1 Å². The van der Waals surface area contributed by atoms with Gasteiger partial charge in [0.2, 0.25) is 11.8 Å². The van der Waals surface area contributed by atoms with Crippen LogP contribution in [0.2, 0.25) is 0 Å². The zero-order valence-electron chi connectivity index (χ0n) is 13.5. The largest absolute Gasteiger partial charge is 0.493 e. The third-order valence-electron chi connectivity index (χ3n) is 3.87. The highest BCUT2D eigenvalue weighted by Gasteiger charge is 2.24. The van der Waals surface area contributed by atoms with E-state index in [9.17, 15) is 0 Å². The maximum Gasteiger partial charge on any atom is 0.220 e. The van der Waals surface area contributed by atoms with E-state index in [-0.39, 0.29) is 0 Å². The molecule has 0 saturated heterocycles. The highest BCUT2D eigenvalue weighted by Crippen LogP contribution is 2.36. The maximum atomic E-state index is 5.90. The van der Waals surface area contributed by atoms with Crippen LogP contribution in [0.3, 0.4) is 0 Å². The van der Waals surface area contributed by atoms with Crippen molar-refractivity contribution >= 4 is 0 Å². The molecular weight excluding hydrogens is 296 g/mol. The first kappa shape index (κ1) is 15.4. The molecule has 0 amide bonds. The highest BCUT2D eigenvalue weighted by atomic mass is 16.5. The summed E-state index contributed by atoms with van der Waals surface area (Å²) in [5, 5.41) is 0. The van der Waals surface area contributed by atoms with Crippen LogP contribution < -0.4 is 18.9 Å². The lowest BCUT2D eigenvalue weighted by Gasteiger charge is -2.26. The van der Waals surface area contributed by atoms with E-state index in [2.05, 4.69) is 16.0 Å². The fourth-order valence-electron chi connectivity index (χ4n) is 2.76. The van der Waals surface area contributed by atoms with E-state index in [4.69, 9.17) is 18.9 Å². The number of nitrogens with zero attached hydrogens (tertiary/aromatic N) is 2. The second kappa shape index (κ2) is 6.73. The predicted octanol–water partition coefficient (Wildman–Crippen LogP) is 2.30. The van der Waals surface area contributed by atoms with Crippen LogP contribution in [0.15, 0.2) is 24.3 Å². The molecule has 3 rings (SSSR count). The Morgan fingerprint density at radius 1 is 1.09 bits per heavy atom. The first-order chi connectivity index (χ1) is 11.2. The Hall–Kier alpha value is -2.50. The van der Waals surface area contributed by atoms with Crippen LogP contribution in [0.5, 0.6) is 23.3 Å². The molecule has 0 radical (unpaired) electrons. The van der Waals surface area contributed by atoms with Crippen molar-refractivity contribution in [2.75, 3.05) is 27.9 Å². The van der Waals surface area contributed by atoms with E-state index in [0.717, 1.165) is 23.5 Å². The quantitative estimate of drug-likeness (QED) is 0.843. The lowest BCUT2D eigenvalue weighted by molar-refractivity contribution is 0.209. The number of aromatic nitrogens is 2. The van der Waals surface area contributed by atoms with E-state index in [1.807, 2.05) is 12.1 Å². The Morgan fingerprint density at radius 3 is 2.48 bits per heavy atom. The van der Waals surface area contributed by atoms with Gasteiger partial charge in [-0.2, -0.15) is 9.97 Å². The second-order valence-corrected chi connectivity index (χ2v) is 5.40. The summed E-state index contributed by atoms with van der Waals surface area (Å²) in [7, 11) is 4.82. The third-order valence-corrected chi connectivity index (χ3v) is 3.87. The Morgan fingerprint density at radius 2 is 1.83 bits per heavy atom. The Bertz CT molecular complexity index is 668. The summed E-state index contributed by atoms with van der Waals surface area (Å²) in [6, 6.07) is 7.63. The second-order valence-electron chi connectivity index (χ2n) is 5.40. The number of rotatable bonds is 5. The molecule has 0 fully saturated rings. The van der Waals surface area contributed by atoms with Gasteiger partial charge in [0, 0.05) is 12.3 Å². The van der Waals surface area contributed by atoms with Gasteiger partial charge < -0.3 is 18.9 Å². The lowest BCUT2D eigenvalue weighted by atomic mass is 9.93. The van der Waals surface area contributed by atoms with Crippen LogP contribution >= 0.6 is 0 Å². The topological polar surface area (TPSA) is 62.7 Å². The minimum Gasteiger partial charge on any atom is -0.493 e. The fourth-order valence-corrected chi connectivity index (χ4v) is 2.76. The number of fused-ring (bicyclic) bond motifs is 1. The number of hydrogen-bond donors (Lipinski definition) is 0. The number of methoxy groups -OCH3 is 3.